The minimum Gasteiger partial charge on any atom is -0.361 e. The van der Waals surface area contributed by atoms with Crippen LogP contribution in [0.4, 0.5) is 5.13 Å². The van der Waals surface area contributed by atoms with Crippen LogP contribution in [-0.4, -0.2) is 17.3 Å². The van der Waals surface area contributed by atoms with E-state index in [4.69, 9.17) is 0 Å². The van der Waals surface area contributed by atoms with Crippen molar-refractivity contribution in [3.05, 3.63) is 41.9 Å². The highest BCUT2D eigenvalue weighted by molar-refractivity contribution is 7.99. The maximum Gasteiger partial charge on any atom is 0.182 e. The standard InChI is InChI=1S/C11H12N2S2/c1-2-4-10(5-3-1)14-8-6-12-11-13-7-9-15-11/h1-5,7,9H,6,8H2,(H,12,13). The van der Waals surface area contributed by atoms with Crippen LogP contribution in [0, 0.1) is 0 Å². The van der Waals surface area contributed by atoms with Gasteiger partial charge in [-0.1, -0.05) is 18.2 Å². The first-order valence-electron chi connectivity index (χ1n) is 4.76. The molecule has 0 saturated carbocycles. The van der Waals surface area contributed by atoms with E-state index in [-0.39, 0.29) is 0 Å². The molecular weight excluding hydrogens is 224 g/mol. The molecule has 0 aliphatic carbocycles. The molecule has 0 spiro atoms. The number of thioether (sulfide) groups is 1. The smallest absolute Gasteiger partial charge is 0.182 e. The van der Waals surface area contributed by atoms with Gasteiger partial charge in [0.1, 0.15) is 0 Å². The van der Waals surface area contributed by atoms with E-state index in [1.54, 1.807) is 11.3 Å². The molecule has 0 amide bonds. The van der Waals surface area contributed by atoms with E-state index in [0.717, 1.165) is 17.4 Å². The molecule has 0 unspecified atom stereocenters. The third-order valence-electron chi connectivity index (χ3n) is 1.82. The number of hydrogen-bond donors (Lipinski definition) is 1. The van der Waals surface area contributed by atoms with E-state index >= 15 is 0 Å². The number of anilines is 1. The Morgan fingerprint density at radius 2 is 2.13 bits per heavy atom. The van der Waals surface area contributed by atoms with Crippen molar-refractivity contribution in [1.29, 1.82) is 0 Å². The van der Waals surface area contributed by atoms with Gasteiger partial charge in [-0.3, -0.25) is 0 Å². The number of rotatable bonds is 5. The van der Waals surface area contributed by atoms with Crippen molar-refractivity contribution in [2.75, 3.05) is 17.6 Å². The van der Waals surface area contributed by atoms with E-state index in [2.05, 4.69) is 34.6 Å². The maximum atomic E-state index is 4.16. The Hall–Kier alpha value is -1.00. The zero-order valence-electron chi connectivity index (χ0n) is 8.22. The van der Waals surface area contributed by atoms with Crippen molar-refractivity contribution in [2.24, 2.45) is 0 Å². The average molecular weight is 236 g/mol. The summed E-state index contributed by atoms with van der Waals surface area (Å²) < 4.78 is 0. The zero-order chi connectivity index (χ0) is 10.3. The molecule has 0 saturated heterocycles. The molecule has 4 heteroatoms. The van der Waals surface area contributed by atoms with Crippen LogP contribution in [0.3, 0.4) is 0 Å². The monoisotopic (exact) mass is 236 g/mol. The molecule has 1 aromatic heterocycles. The number of hydrogen-bond acceptors (Lipinski definition) is 4. The number of nitrogens with one attached hydrogen (secondary N) is 1. The predicted molar refractivity (Wildman–Crippen MR) is 67.8 cm³/mol. The van der Waals surface area contributed by atoms with Crippen molar-refractivity contribution in [1.82, 2.24) is 4.98 Å². The van der Waals surface area contributed by atoms with Crippen LogP contribution < -0.4 is 5.32 Å². The van der Waals surface area contributed by atoms with Gasteiger partial charge in [-0.05, 0) is 12.1 Å². The Bertz CT molecular complexity index is 373. The first kappa shape index (κ1) is 10.5. The van der Waals surface area contributed by atoms with Gasteiger partial charge in [-0.15, -0.1) is 23.1 Å². The maximum absolute atomic E-state index is 4.16. The second-order valence-corrected chi connectivity index (χ2v) is 4.99. The SMILES string of the molecule is c1ccc(SCCNc2nccs2)cc1. The Morgan fingerprint density at radius 3 is 2.87 bits per heavy atom. The number of benzene rings is 1. The summed E-state index contributed by atoms with van der Waals surface area (Å²) in [5, 5.41) is 6.26. The van der Waals surface area contributed by atoms with Gasteiger partial charge in [0.05, 0.1) is 0 Å². The van der Waals surface area contributed by atoms with E-state index in [9.17, 15) is 0 Å². The molecule has 0 fully saturated rings. The molecule has 78 valence electrons. The van der Waals surface area contributed by atoms with Gasteiger partial charge in [0.25, 0.3) is 0 Å². The van der Waals surface area contributed by atoms with Gasteiger partial charge in [-0.25, -0.2) is 4.98 Å². The van der Waals surface area contributed by atoms with E-state index in [0.29, 0.717) is 0 Å². The van der Waals surface area contributed by atoms with Gasteiger partial charge in [0, 0.05) is 28.8 Å². The van der Waals surface area contributed by atoms with Crippen LogP contribution in [0.5, 0.6) is 0 Å². The molecule has 2 nitrogen and oxygen atoms in total. The fourth-order valence-corrected chi connectivity index (χ4v) is 2.50. The Labute approximate surface area is 97.8 Å². The fourth-order valence-electron chi connectivity index (χ4n) is 1.15. The molecular formula is C11H12N2S2. The molecule has 0 aliphatic heterocycles. The highest BCUT2D eigenvalue weighted by atomic mass is 32.2. The van der Waals surface area contributed by atoms with Crippen LogP contribution in [0.15, 0.2) is 46.8 Å². The lowest BCUT2D eigenvalue weighted by molar-refractivity contribution is 1.20. The lowest BCUT2D eigenvalue weighted by Gasteiger charge is -2.02. The number of aromatic nitrogens is 1. The summed E-state index contributed by atoms with van der Waals surface area (Å²) in [6.45, 7) is 0.951. The molecule has 0 aliphatic rings. The van der Waals surface area contributed by atoms with E-state index < -0.39 is 0 Å². The summed E-state index contributed by atoms with van der Waals surface area (Å²) in [4.78, 5) is 5.48. The van der Waals surface area contributed by atoms with Crippen molar-refractivity contribution in [3.8, 4) is 0 Å². The minimum atomic E-state index is 0.951. The Kier molecular flexibility index (Phi) is 4.05. The first-order chi connectivity index (χ1) is 7.45. The second-order valence-electron chi connectivity index (χ2n) is 2.93. The van der Waals surface area contributed by atoms with Gasteiger partial charge >= 0.3 is 0 Å². The molecule has 2 rings (SSSR count). The highest BCUT2D eigenvalue weighted by Crippen LogP contribution is 2.17. The summed E-state index contributed by atoms with van der Waals surface area (Å²) in [5.74, 6) is 1.06. The quantitative estimate of drug-likeness (QED) is 0.636. The molecule has 0 bridgehead atoms. The zero-order valence-corrected chi connectivity index (χ0v) is 9.85. The van der Waals surface area contributed by atoms with E-state index in [1.165, 1.54) is 4.90 Å². The number of thiazole rings is 1. The summed E-state index contributed by atoms with van der Waals surface area (Å²) in [7, 11) is 0. The van der Waals surface area contributed by atoms with Crippen LogP contribution in [-0.2, 0) is 0 Å². The molecule has 2 aromatic rings. The predicted octanol–water partition coefficient (Wildman–Crippen LogP) is 3.35. The van der Waals surface area contributed by atoms with Crippen LogP contribution >= 0.6 is 23.1 Å². The molecule has 1 aromatic carbocycles. The summed E-state index contributed by atoms with van der Waals surface area (Å²) in [6, 6.07) is 10.4. The summed E-state index contributed by atoms with van der Waals surface area (Å²) >= 11 is 3.49. The Balaban J connectivity index is 1.68. The topological polar surface area (TPSA) is 24.9 Å². The lowest BCUT2D eigenvalue weighted by Crippen LogP contribution is -2.03. The van der Waals surface area contributed by atoms with Crippen LogP contribution in [0.1, 0.15) is 0 Å². The fraction of sp³-hybridized carbons (Fsp3) is 0.182. The van der Waals surface area contributed by atoms with Crippen LogP contribution in [0.2, 0.25) is 0 Å². The highest BCUT2D eigenvalue weighted by Gasteiger charge is 1.94. The van der Waals surface area contributed by atoms with Gasteiger partial charge < -0.3 is 5.32 Å². The Morgan fingerprint density at radius 1 is 1.27 bits per heavy atom. The molecule has 1 N–H and O–H groups in total. The van der Waals surface area contributed by atoms with E-state index in [1.807, 2.05) is 29.4 Å². The van der Waals surface area contributed by atoms with Crippen LogP contribution in [0.25, 0.3) is 0 Å². The first-order valence-corrected chi connectivity index (χ1v) is 6.63. The van der Waals surface area contributed by atoms with Crippen molar-refractivity contribution < 1.29 is 0 Å². The van der Waals surface area contributed by atoms with Gasteiger partial charge in [0.2, 0.25) is 0 Å². The van der Waals surface area contributed by atoms with Crippen molar-refractivity contribution in [3.63, 3.8) is 0 Å². The van der Waals surface area contributed by atoms with Gasteiger partial charge in [-0.2, -0.15) is 0 Å². The summed E-state index contributed by atoms with van der Waals surface area (Å²) in [6.07, 6.45) is 1.82. The molecule has 0 radical (unpaired) electrons. The van der Waals surface area contributed by atoms with Gasteiger partial charge in [0.15, 0.2) is 5.13 Å². The summed E-state index contributed by atoms with van der Waals surface area (Å²) in [5.41, 5.74) is 0. The molecule has 15 heavy (non-hydrogen) atoms. The van der Waals surface area contributed by atoms with Crippen molar-refractivity contribution >= 4 is 28.2 Å². The molecule has 1 heterocycles. The third-order valence-corrected chi connectivity index (χ3v) is 3.57. The number of nitrogens with zero attached hydrogens (tertiary/aromatic N) is 1. The largest absolute Gasteiger partial charge is 0.361 e. The second kappa shape index (κ2) is 5.78. The van der Waals surface area contributed by atoms with Crippen molar-refractivity contribution in [2.45, 2.75) is 4.90 Å². The third kappa shape index (κ3) is 3.57. The normalized spacial score (nSPS) is 10.1. The molecule has 0 atom stereocenters. The average Bonchev–Trinajstić information content (AvgIpc) is 2.79. The minimum absolute atomic E-state index is 0.951. The lowest BCUT2D eigenvalue weighted by atomic mass is 10.4.